The molecule has 1 heterocycles. The van der Waals surface area contributed by atoms with Gasteiger partial charge in [0.1, 0.15) is 0 Å². The van der Waals surface area contributed by atoms with E-state index in [4.69, 9.17) is 0 Å². The second-order valence-electron chi connectivity index (χ2n) is 5.49. The molecule has 1 aromatic carbocycles. The van der Waals surface area contributed by atoms with Gasteiger partial charge in [-0.05, 0) is 64.9 Å². The van der Waals surface area contributed by atoms with Crippen LogP contribution in [0.5, 0.6) is 0 Å². The Balaban J connectivity index is 1.66. The van der Waals surface area contributed by atoms with Crippen molar-refractivity contribution in [2.24, 2.45) is 0 Å². The van der Waals surface area contributed by atoms with E-state index < -0.39 is 0 Å². The highest BCUT2D eigenvalue weighted by Crippen LogP contribution is 2.13. The highest BCUT2D eigenvalue weighted by atomic mass is 15.1. The van der Waals surface area contributed by atoms with E-state index in [-0.39, 0.29) is 0 Å². The molecular weight excluding hydrogens is 220 g/mol. The molecule has 1 aliphatic heterocycles. The molecule has 1 unspecified atom stereocenters. The fourth-order valence-electron chi connectivity index (χ4n) is 2.68. The van der Waals surface area contributed by atoms with Crippen LogP contribution in [0.25, 0.3) is 0 Å². The third-order valence-electron chi connectivity index (χ3n) is 3.84. The molecule has 1 saturated heterocycles. The van der Waals surface area contributed by atoms with Gasteiger partial charge in [0, 0.05) is 6.04 Å². The molecule has 0 saturated carbocycles. The Hall–Kier alpha value is -0.860. The number of hydrogen-bond donors (Lipinski definition) is 1. The quantitative estimate of drug-likeness (QED) is 0.776. The average molecular weight is 246 g/mol. The lowest BCUT2D eigenvalue weighted by Crippen LogP contribution is -2.26. The van der Waals surface area contributed by atoms with Gasteiger partial charge in [0.2, 0.25) is 0 Å². The number of likely N-dealkylation sites (tertiary alicyclic amines) is 1. The van der Waals surface area contributed by atoms with Crippen molar-refractivity contribution in [1.82, 2.24) is 10.2 Å². The van der Waals surface area contributed by atoms with Crippen LogP contribution in [0.15, 0.2) is 24.3 Å². The molecule has 1 aromatic rings. The Kier molecular flexibility index (Phi) is 5.21. The maximum absolute atomic E-state index is 3.62. The van der Waals surface area contributed by atoms with Crippen molar-refractivity contribution in [3.8, 4) is 0 Å². The van der Waals surface area contributed by atoms with Gasteiger partial charge in [-0.1, -0.05) is 29.8 Å². The van der Waals surface area contributed by atoms with Crippen molar-refractivity contribution < 1.29 is 0 Å². The van der Waals surface area contributed by atoms with Crippen molar-refractivity contribution in [1.29, 1.82) is 0 Å². The van der Waals surface area contributed by atoms with Crippen LogP contribution < -0.4 is 5.32 Å². The summed E-state index contributed by atoms with van der Waals surface area (Å²) in [7, 11) is 0. The van der Waals surface area contributed by atoms with Gasteiger partial charge in [-0.3, -0.25) is 0 Å². The molecule has 1 N–H and O–H groups in total. The molecule has 0 aromatic heterocycles. The molecular formula is C16H26N2. The first-order valence-electron chi connectivity index (χ1n) is 7.28. The smallest absolute Gasteiger partial charge is 0.0291 e. The fraction of sp³-hybridized carbons (Fsp3) is 0.625. The van der Waals surface area contributed by atoms with Crippen molar-refractivity contribution >= 4 is 0 Å². The van der Waals surface area contributed by atoms with Gasteiger partial charge in [0.25, 0.3) is 0 Å². The van der Waals surface area contributed by atoms with Gasteiger partial charge in [-0.25, -0.2) is 0 Å². The minimum absolute atomic E-state index is 0.462. The zero-order chi connectivity index (χ0) is 12.8. The third-order valence-corrected chi connectivity index (χ3v) is 3.84. The van der Waals surface area contributed by atoms with Crippen LogP contribution in [0.1, 0.15) is 43.4 Å². The van der Waals surface area contributed by atoms with Gasteiger partial charge in [0.15, 0.2) is 0 Å². The first-order chi connectivity index (χ1) is 8.75. The number of benzene rings is 1. The topological polar surface area (TPSA) is 15.3 Å². The van der Waals surface area contributed by atoms with Gasteiger partial charge in [0.05, 0.1) is 0 Å². The second kappa shape index (κ2) is 6.91. The SMILES string of the molecule is Cc1cccc(C(C)NCCCN2CCCC2)c1. The molecule has 2 heteroatoms. The molecule has 2 nitrogen and oxygen atoms in total. The Morgan fingerprint density at radius 1 is 1.28 bits per heavy atom. The van der Waals surface area contributed by atoms with Crippen molar-refractivity contribution in [3.05, 3.63) is 35.4 Å². The molecule has 1 fully saturated rings. The molecule has 0 bridgehead atoms. The zero-order valence-corrected chi connectivity index (χ0v) is 11.8. The van der Waals surface area contributed by atoms with Crippen LogP contribution in [0.3, 0.4) is 0 Å². The molecule has 100 valence electrons. The summed E-state index contributed by atoms with van der Waals surface area (Å²) in [5, 5.41) is 3.62. The Morgan fingerprint density at radius 3 is 2.78 bits per heavy atom. The normalized spacial score (nSPS) is 18.1. The number of aryl methyl sites for hydroxylation is 1. The number of rotatable bonds is 6. The predicted octanol–water partition coefficient (Wildman–Crippen LogP) is 3.13. The van der Waals surface area contributed by atoms with Crippen LogP contribution >= 0.6 is 0 Å². The van der Waals surface area contributed by atoms with Crippen LogP contribution in [0, 0.1) is 6.92 Å². The lowest BCUT2D eigenvalue weighted by atomic mass is 10.1. The largest absolute Gasteiger partial charge is 0.310 e. The lowest BCUT2D eigenvalue weighted by molar-refractivity contribution is 0.328. The molecule has 1 atom stereocenters. The Labute approximate surface area is 111 Å². The molecule has 18 heavy (non-hydrogen) atoms. The van der Waals surface area contributed by atoms with E-state index in [0.29, 0.717) is 6.04 Å². The summed E-state index contributed by atoms with van der Waals surface area (Å²) in [4.78, 5) is 2.58. The Bertz CT molecular complexity index is 356. The summed E-state index contributed by atoms with van der Waals surface area (Å²) in [6.45, 7) is 9.41. The molecule has 0 amide bonds. The summed E-state index contributed by atoms with van der Waals surface area (Å²) >= 11 is 0. The molecule has 0 spiro atoms. The Morgan fingerprint density at radius 2 is 2.06 bits per heavy atom. The van der Waals surface area contributed by atoms with Crippen molar-refractivity contribution in [2.45, 2.75) is 39.2 Å². The predicted molar refractivity (Wildman–Crippen MR) is 77.9 cm³/mol. The van der Waals surface area contributed by atoms with Gasteiger partial charge in [-0.2, -0.15) is 0 Å². The van der Waals surface area contributed by atoms with E-state index in [1.807, 2.05) is 0 Å². The highest BCUT2D eigenvalue weighted by molar-refractivity contribution is 5.24. The number of nitrogens with one attached hydrogen (secondary N) is 1. The summed E-state index contributed by atoms with van der Waals surface area (Å²) in [5.74, 6) is 0. The van der Waals surface area contributed by atoms with E-state index in [0.717, 1.165) is 6.54 Å². The third kappa shape index (κ3) is 4.11. The zero-order valence-electron chi connectivity index (χ0n) is 11.8. The lowest BCUT2D eigenvalue weighted by Gasteiger charge is -2.17. The maximum Gasteiger partial charge on any atom is 0.0291 e. The molecule has 0 aliphatic carbocycles. The summed E-state index contributed by atoms with van der Waals surface area (Å²) < 4.78 is 0. The van der Waals surface area contributed by atoms with E-state index in [9.17, 15) is 0 Å². The number of hydrogen-bond acceptors (Lipinski definition) is 2. The van der Waals surface area contributed by atoms with E-state index in [2.05, 4.69) is 48.3 Å². The summed E-state index contributed by atoms with van der Waals surface area (Å²) in [5.41, 5.74) is 2.74. The number of nitrogens with zero attached hydrogens (tertiary/aromatic N) is 1. The summed E-state index contributed by atoms with van der Waals surface area (Å²) in [6.07, 6.45) is 4.05. The van der Waals surface area contributed by atoms with E-state index in [1.165, 1.54) is 50.0 Å². The first kappa shape index (κ1) is 13.6. The van der Waals surface area contributed by atoms with Crippen LogP contribution in [0.4, 0.5) is 0 Å². The molecule has 2 rings (SSSR count). The monoisotopic (exact) mass is 246 g/mol. The van der Waals surface area contributed by atoms with Gasteiger partial charge < -0.3 is 10.2 Å². The van der Waals surface area contributed by atoms with Gasteiger partial charge in [-0.15, -0.1) is 0 Å². The first-order valence-corrected chi connectivity index (χ1v) is 7.28. The summed E-state index contributed by atoms with van der Waals surface area (Å²) in [6, 6.07) is 9.25. The molecule has 0 radical (unpaired) electrons. The van der Waals surface area contributed by atoms with Crippen molar-refractivity contribution in [3.63, 3.8) is 0 Å². The fourth-order valence-corrected chi connectivity index (χ4v) is 2.68. The van der Waals surface area contributed by atoms with E-state index in [1.54, 1.807) is 0 Å². The van der Waals surface area contributed by atoms with Gasteiger partial charge >= 0.3 is 0 Å². The maximum atomic E-state index is 3.62. The van der Waals surface area contributed by atoms with Crippen LogP contribution in [-0.4, -0.2) is 31.1 Å². The second-order valence-corrected chi connectivity index (χ2v) is 5.49. The molecule has 1 aliphatic rings. The van der Waals surface area contributed by atoms with Crippen molar-refractivity contribution in [2.75, 3.05) is 26.2 Å². The minimum Gasteiger partial charge on any atom is -0.310 e. The highest BCUT2D eigenvalue weighted by Gasteiger charge is 2.10. The van der Waals surface area contributed by atoms with Crippen LogP contribution in [-0.2, 0) is 0 Å². The van der Waals surface area contributed by atoms with Crippen LogP contribution in [0.2, 0.25) is 0 Å². The standard InChI is InChI=1S/C16H26N2/c1-14-7-5-8-16(13-14)15(2)17-9-6-12-18-10-3-4-11-18/h5,7-8,13,15,17H,3-4,6,9-12H2,1-2H3. The average Bonchev–Trinajstić information content (AvgIpc) is 2.87. The van der Waals surface area contributed by atoms with E-state index >= 15 is 0 Å². The minimum atomic E-state index is 0.462.